The summed E-state index contributed by atoms with van der Waals surface area (Å²) in [6.45, 7) is -0.386. The van der Waals surface area contributed by atoms with Crippen LogP contribution in [0.4, 0.5) is 5.00 Å². The van der Waals surface area contributed by atoms with Crippen LogP contribution >= 0.6 is 23.1 Å². The van der Waals surface area contributed by atoms with E-state index in [0.717, 1.165) is 16.9 Å². The molecule has 1 aromatic heterocycles. The highest BCUT2D eigenvalue weighted by molar-refractivity contribution is 8.00. The number of amides is 1. The first-order chi connectivity index (χ1) is 15.8. The summed E-state index contributed by atoms with van der Waals surface area (Å²) in [5.41, 5.74) is 6.97. The van der Waals surface area contributed by atoms with Gasteiger partial charge in [-0.3, -0.25) is 4.79 Å². The Kier molecular flexibility index (Phi) is 6.35. The number of fused-ring (bicyclic) bond motifs is 1. The molecule has 1 amide bonds. The Bertz CT molecular complexity index is 1120. The van der Waals surface area contributed by atoms with Gasteiger partial charge in [-0.15, -0.1) is 23.1 Å². The van der Waals surface area contributed by atoms with Crippen LogP contribution in [0.15, 0.2) is 30.3 Å². The number of carbonyl (C=O) groups excluding carboxylic acids is 4. The second kappa shape index (κ2) is 9.06. The van der Waals surface area contributed by atoms with E-state index in [1.165, 1.54) is 14.2 Å². The zero-order chi connectivity index (χ0) is 23.8. The first kappa shape index (κ1) is 23.1. The van der Waals surface area contributed by atoms with Crippen LogP contribution in [0.1, 0.15) is 44.0 Å². The van der Waals surface area contributed by atoms with Crippen molar-refractivity contribution in [3.63, 3.8) is 0 Å². The lowest BCUT2D eigenvalue weighted by Gasteiger charge is -2.33. The molecule has 11 heteroatoms. The Morgan fingerprint density at radius 2 is 1.85 bits per heavy atom. The number of nitrogens with zero attached hydrogens (tertiary/aromatic N) is 1. The van der Waals surface area contributed by atoms with Crippen molar-refractivity contribution in [3.05, 3.63) is 51.9 Å². The molecule has 0 spiro atoms. The summed E-state index contributed by atoms with van der Waals surface area (Å²) in [5.74, 6) is -1.82. The van der Waals surface area contributed by atoms with E-state index in [9.17, 15) is 19.2 Å². The smallest absolute Gasteiger partial charge is 0.348 e. The number of nitrogens with two attached hydrogens (primary N) is 1. The zero-order valence-corrected chi connectivity index (χ0v) is 19.6. The molecular formula is C22H22N2O7S2. The minimum absolute atomic E-state index is 0.0348. The van der Waals surface area contributed by atoms with Crippen molar-refractivity contribution in [2.24, 2.45) is 0 Å². The third-order valence-corrected chi connectivity index (χ3v) is 8.42. The average molecular weight is 491 g/mol. The van der Waals surface area contributed by atoms with Gasteiger partial charge in [0.15, 0.2) is 0 Å². The third-order valence-electron chi connectivity index (χ3n) is 5.78. The monoisotopic (exact) mass is 490 g/mol. The fourth-order valence-electron chi connectivity index (χ4n) is 4.26. The number of thioether (sulfide) groups is 1. The van der Waals surface area contributed by atoms with Crippen molar-refractivity contribution in [1.82, 2.24) is 4.90 Å². The number of rotatable bonds is 6. The van der Waals surface area contributed by atoms with Crippen LogP contribution in [0.5, 0.6) is 0 Å². The van der Waals surface area contributed by atoms with Gasteiger partial charge in [-0.2, -0.15) is 0 Å². The molecule has 1 aromatic carbocycles. The van der Waals surface area contributed by atoms with Gasteiger partial charge in [0, 0.05) is 17.7 Å². The van der Waals surface area contributed by atoms with Gasteiger partial charge in [0.2, 0.25) is 5.91 Å². The van der Waals surface area contributed by atoms with Gasteiger partial charge >= 0.3 is 17.9 Å². The van der Waals surface area contributed by atoms with Gasteiger partial charge in [-0.05, 0) is 12.0 Å². The number of anilines is 1. The summed E-state index contributed by atoms with van der Waals surface area (Å²) < 4.78 is 15.1. The summed E-state index contributed by atoms with van der Waals surface area (Å²) in [6.07, 6.45) is 0.941. The van der Waals surface area contributed by atoms with E-state index >= 15 is 0 Å². The number of benzene rings is 1. The van der Waals surface area contributed by atoms with Crippen molar-refractivity contribution in [3.8, 4) is 0 Å². The van der Waals surface area contributed by atoms with Gasteiger partial charge in [-0.25, -0.2) is 14.4 Å². The summed E-state index contributed by atoms with van der Waals surface area (Å²) in [5, 5.41) is 0.0579. The Hall–Kier alpha value is -3.05. The average Bonchev–Trinajstić information content (AvgIpc) is 3.49. The molecule has 0 saturated carbocycles. The maximum atomic E-state index is 13.1. The molecule has 0 aliphatic carbocycles. The number of thiophene rings is 1. The molecule has 2 atom stereocenters. The molecule has 0 bridgehead atoms. The molecule has 2 aliphatic rings. The summed E-state index contributed by atoms with van der Waals surface area (Å²) in [7, 11) is 2.38. The van der Waals surface area contributed by atoms with E-state index in [1.54, 1.807) is 16.7 Å². The Labute approximate surface area is 198 Å². The third kappa shape index (κ3) is 3.84. The number of ether oxygens (including phenoxy) is 3. The van der Waals surface area contributed by atoms with Gasteiger partial charge in [0.1, 0.15) is 33.0 Å². The number of esters is 3. The van der Waals surface area contributed by atoms with Crippen molar-refractivity contribution in [2.75, 3.05) is 25.7 Å². The SMILES string of the molecule is COC(=O)c1sc(N)c(C(=O)OC)c1COC(=O)[C@H]1CS[C@@]2(c3ccccc3)CCC(=O)N12. The lowest BCUT2D eigenvalue weighted by atomic mass is 10.0. The van der Waals surface area contributed by atoms with E-state index in [4.69, 9.17) is 19.9 Å². The number of nitrogen functional groups attached to an aromatic ring is 1. The number of carbonyl (C=O) groups is 4. The summed E-state index contributed by atoms with van der Waals surface area (Å²) in [4.78, 5) is 51.3. The van der Waals surface area contributed by atoms with Crippen LogP contribution < -0.4 is 5.73 Å². The zero-order valence-electron chi connectivity index (χ0n) is 18.0. The highest BCUT2D eigenvalue weighted by Gasteiger charge is 2.57. The molecule has 2 aliphatic heterocycles. The molecule has 0 radical (unpaired) electrons. The molecular weight excluding hydrogens is 468 g/mol. The Morgan fingerprint density at radius 3 is 2.52 bits per heavy atom. The van der Waals surface area contributed by atoms with Crippen LogP contribution in [0.25, 0.3) is 0 Å². The quantitative estimate of drug-likeness (QED) is 0.480. The van der Waals surface area contributed by atoms with Gasteiger partial charge in [-0.1, -0.05) is 30.3 Å². The first-order valence-electron chi connectivity index (χ1n) is 10.1. The standard InChI is InChI=1S/C22H22N2O7S2/c1-29-20(27)16-13(17(21(28)30-2)33-18(16)23)10-31-19(26)14-11-32-22(9-8-15(25)24(14)22)12-6-4-3-5-7-12/h3-7,14H,8-11,23H2,1-2H3/t14-,22-/m1/s1. The normalized spacial score (nSPS) is 21.6. The molecule has 2 saturated heterocycles. The molecule has 3 heterocycles. The molecule has 2 fully saturated rings. The van der Waals surface area contributed by atoms with E-state index in [1.807, 2.05) is 30.3 Å². The topological polar surface area (TPSA) is 125 Å². The molecule has 2 aromatic rings. The lowest BCUT2D eigenvalue weighted by Crippen LogP contribution is -2.46. The first-order valence-corrected chi connectivity index (χ1v) is 11.9. The van der Waals surface area contributed by atoms with E-state index in [0.29, 0.717) is 18.6 Å². The van der Waals surface area contributed by atoms with Crippen LogP contribution in [0.3, 0.4) is 0 Å². The van der Waals surface area contributed by atoms with Crippen molar-refractivity contribution in [2.45, 2.75) is 30.4 Å². The van der Waals surface area contributed by atoms with Gasteiger partial charge in [0.25, 0.3) is 0 Å². The lowest BCUT2D eigenvalue weighted by molar-refractivity contribution is -0.155. The number of hydrogen-bond donors (Lipinski definition) is 1. The maximum Gasteiger partial charge on any atom is 0.348 e. The highest BCUT2D eigenvalue weighted by atomic mass is 32.2. The van der Waals surface area contributed by atoms with E-state index in [2.05, 4.69) is 0 Å². The minimum atomic E-state index is -0.788. The molecule has 9 nitrogen and oxygen atoms in total. The predicted molar refractivity (Wildman–Crippen MR) is 122 cm³/mol. The minimum Gasteiger partial charge on any atom is -0.465 e. The molecule has 33 heavy (non-hydrogen) atoms. The maximum absolute atomic E-state index is 13.1. The Balaban J connectivity index is 1.59. The van der Waals surface area contributed by atoms with Crippen LogP contribution in [0.2, 0.25) is 0 Å². The number of methoxy groups -OCH3 is 2. The largest absolute Gasteiger partial charge is 0.465 e. The van der Waals surface area contributed by atoms with Gasteiger partial charge in [0.05, 0.1) is 14.2 Å². The van der Waals surface area contributed by atoms with E-state index in [-0.39, 0.29) is 33.5 Å². The van der Waals surface area contributed by atoms with Crippen molar-refractivity contribution >= 4 is 51.9 Å². The van der Waals surface area contributed by atoms with Crippen LogP contribution in [-0.4, -0.2) is 54.7 Å². The second-order valence-electron chi connectivity index (χ2n) is 7.48. The summed E-state index contributed by atoms with van der Waals surface area (Å²) in [6, 6.07) is 8.82. The highest BCUT2D eigenvalue weighted by Crippen LogP contribution is 2.54. The molecule has 0 unspecified atom stereocenters. The van der Waals surface area contributed by atoms with E-state index < -0.39 is 28.8 Å². The molecule has 4 rings (SSSR count). The Morgan fingerprint density at radius 1 is 1.15 bits per heavy atom. The fourth-order valence-corrected chi connectivity index (χ4v) is 6.88. The van der Waals surface area contributed by atoms with Crippen LogP contribution in [0, 0.1) is 0 Å². The number of hydrogen-bond acceptors (Lipinski definition) is 10. The second-order valence-corrected chi connectivity index (χ2v) is 9.83. The molecule has 174 valence electrons. The van der Waals surface area contributed by atoms with Crippen molar-refractivity contribution < 1.29 is 33.4 Å². The van der Waals surface area contributed by atoms with Gasteiger partial charge < -0.3 is 24.8 Å². The van der Waals surface area contributed by atoms with Crippen molar-refractivity contribution in [1.29, 1.82) is 0 Å². The summed E-state index contributed by atoms with van der Waals surface area (Å²) >= 11 is 2.40. The predicted octanol–water partition coefficient (Wildman–Crippen LogP) is 2.54. The molecule has 2 N–H and O–H groups in total. The fraction of sp³-hybridized carbons (Fsp3) is 0.364. The van der Waals surface area contributed by atoms with Crippen LogP contribution in [-0.2, 0) is 35.3 Å².